The van der Waals surface area contributed by atoms with Gasteiger partial charge in [0.2, 0.25) is 10.0 Å². The molecule has 0 aliphatic carbocycles. The summed E-state index contributed by atoms with van der Waals surface area (Å²) in [5.41, 5.74) is 1.64. The number of amides is 1. The van der Waals surface area contributed by atoms with Crippen molar-refractivity contribution in [3.8, 4) is 5.75 Å². The van der Waals surface area contributed by atoms with E-state index in [1.165, 1.54) is 23.4 Å². The van der Waals surface area contributed by atoms with Crippen LogP contribution in [0.3, 0.4) is 0 Å². The predicted octanol–water partition coefficient (Wildman–Crippen LogP) is 1.77. The van der Waals surface area contributed by atoms with Gasteiger partial charge in [-0.2, -0.15) is 4.31 Å². The van der Waals surface area contributed by atoms with E-state index < -0.39 is 16.1 Å². The van der Waals surface area contributed by atoms with E-state index in [0.29, 0.717) is 31.8 Å². The molecule has 0 N–H and O–H groups in total. The summed E-state index contributed by atoms with van der Waals surface area (Å²) in [6.07, 6.45) is 0.125. The fourth-order valence-electron chi connectivity index (χ4n) is 2.95. The Kier molecular flexibility index (Phi) is 5.71. The Labute approximate surface area is 143 Å². The highest BCUT2D eigenvalue weighted by Crippen LogP contribution is 2.31. The largest absolute Gasteiger partial charge is 0.495 e. The van der Waals surface area contributed by atoms with Gasteiger partial charge in [0.05, 0.1) is 14.2 Å². The first kappa shape index (κ1) is 18.5. The summed E-state index contributed by atoms with van der Waals surface area (Å²) in [5.74, 6) is 0.370. The van der Waals surface area contributed by atoms with Crippen molar-refractivity contribution in [1.82, 2.24) is 9.21 Å². The van der Waals surface area contributed by atoms with Crippen molar-refractivity contribution in [2.75, 3.05) is 40.4 Å². The predicted molar refractivity (Wildman–Crippen MR) is 89.8 cm³/mol. The lowest BCUT2D eigenvalue weighted by Crippen LogP contribution is -2.37. The van der Waals surface area contributed by atoms with Crippen LogP contribution in [0, 0.1) is 13.8 Å². The second-order valence-electron chi connectivity index (χ2n) is 5.83. The molecular weight excluding hydrogens is 332 g/mol. The highest BCUT2D eigenvalue weighted by atomic mass is 32.2. The number of hydrogen-bond acceptors (Lipinski definition) is 5. The third-order valence-electron chi connectivity index (χ3n) is 4.09. The minimum absolute atomic E-state index is 0.175. The Balaban J connectivity index is 2.33. The molecule has 1 amide bonds. The molecule has 1 heterocycles. The molecule has 24 heavy (non-hydrogen) atoms. The van der Waals surface area contributed by atoms with Crippen LogP contribution in [0.25, 0.3) is 0 Å². The standard InChI is InChI=1S/C16H24N2O5S/c1-12-10-13(2)15(22-3)14(11-12)24(20,21)18-7-5-6-17(8-9-18)16(19)23-4/h10-11H,5-9H2,1-4H3. The van der Waals surface area contributed by atoms with Crippen molar-refractivity contribution >= 4 is 16.1 Å². The quantitative estimate of drug-likeness (QED) is 0.825. The van der Waals surface area contributed by atoms with Crippen LogP contribution in [-0.4, -0.2) is 64.1 Å². The molecule has 1 aromatic rings. The average molecular weight is 356 g/mol. The molecule has 0 atom stereocenters. The van der Waals surface area contributed by atoms with Crippen molar-refractivity contribution in [2.45, 2.75) is 25.2 Å². The van der Waals surface area contributed by atoms with Crippen LogP contribution in [0.5, 0.6) is 5.75 Å². The van der Waals surface area contributed by atoms with Gasteiger partial charge in [-0.15, -0.1) is 0 Å². The number of sulfonamides is 1. The van der Waals surface area contributed by atoms with Crippen molar-refractivity contribution < 1.29 is 22.7 Å². The number of hydrogen-bond donors (Lipinski definition) is 0. The zero-order chi connectivity index (χ0) is 17.9. The monoisotopic (exact) mass is 356 g/mol. The second kappa shape index (κ2) is 7.40. The first-order valence-corrected chi connectivity index (χ1v) is 9.23. The fourth-order valence-corrected chi connectivity index (χ4v) is 4.74. The number of ether oxygens (including phenoxy) is 2. The van der Waals surface area contributed by atoms with Crippen LogP contribution < -0.4 is 4.74 Å². The Morgan fingerprint density at radius 1 is 1.08 bits per heavy atom. The van der Waals surface area contributed by atoms with Gasteiger partial charge in [-0.25, -0.2) is 13.2 Å². The van der Waals surface area contributed by atoms with Gasteiger partial charge in [0.15, 0.2) is 0 Å². The zero-order valence-electron chi connectivity index (χ0n) is 14.5. The maximum absolute atomic E-state index is 13.1. The molecular formula is C16H24N2O5S. The first-order chi connectivity index (χ1) is 11.3. The lowest BCUT2D eigenvalue weighted by Gasteiger charge is -2.23. The average Bonchev–Trinajstić information content (AvgIpc) is 2.80. The summed E-state index contributed by atoms with van der Waals surface area (Å²) in [4.78, 5) is 13.3. The third kappa shape index (κ3) is 3.64. The van der Waals surface area contributed by atoms with E-state index in [9.17, 15) is 13.2 Å². The molecule has 1 aliphatic heterocycles. The molecule has 1 fully saturated rings. The summed E-state index contributed by atoms with van der Waals surface area (Å²) in [7, 11) is -0.908. The van der Waals surface area contributed by atoms with E-state index >= 15 is 0 Å². The number of rotatable bonds is 3. The number of aryl methyl sites for hydroxylation is 2. The summed E-state index contributed by atoms with van der Waals surface area (Å²) in [6, 6.07) is 3.52. The number of carbonyl (C=O) groups is 1. The van der Waals surface area contributed by atoms with E-state index in [1.807, 2.05) is 19.9 Å². The van der Waals surface area contributed by atoms with Gasteiger partial charge in [0.25, 0.3) is 0 Å². The summed E-state index contributed by atoms with van der Waals surface area (Å²) >= 11 is 0. The van der Waals surface area contributed by atoms with Gasteiger partial charge in [0.1, 0.15) is 10.6 Å². The van der Waals surface area contributed by atoms with Crippen LogP contribution in [0.1, 0.15) is 17.5 Å². The Bertz CT molecular complexity index is 717. The molecule has 1 aromatic carbocycles. The van der Waals surface area contributed by atoms with E-state index in [2.05, 4.69) is 0 Å². The fraction of sp³-hybridized carbons (Fsp3) is 0.562. The molecule has 1 saturated heterocycles. The summed E-state index contributed by atoms with van der Waals surface area (Å²) in [6.45, 7) is 5.04. The van der Waals surface area contributed by atoms with Crippen LogP contribution >= 0.6 is 0 Å². The maximum atomic E-state index is 13.1. The van der Waals surface area contributed by atoms with Crippen molar-refractivity contribution in [2.24, 2.45) is 0 Å². The van der Waals surface area contributed by atoms with Crippen LogP contribution in [0.4, 0.5) is 4.79 Å². The molecule has 8 heteroatoms. The lowest BCUT2D eigenvalue weighted by atomic mass is 10.1. The molecule has 7 nitrogen and oxygen atoms in total. The Hall–Kier alpha value is -1.80. The highest BCUT2D eigenvalue weighted by Gasteiger charge is 2.31. The van der Waals surface area contributed by atoms with Gasteiger partial charge in [-0.3, -0.25) is 0 Å². The number of nitrogens with zero attached hydrogens (tertiary/aromatic N) is 2. The molecule has 0 radical (unpaired) electrons. The first-order valence-electron chi connectivity index (χ1n) is 7.79. The smallest absolute Gasteiger partial charge is 0.409 e. The van der Waals surface area contributed by atoms with E-state index in [0.717, 1.165) is 11.1 Å². The molecule has 0 saturated carbocycles. The number of methoxy groups -OCH3 is 2. The van der Waals surface area contributed by atoms with Crippen molar-refractivity contribution in [3.05, 3.63) is 23.3 Å². The second-order valence-corrected chi connectivity index (χ2v) is 7.73. The third-order valence-corrected chi connectivity index (χ3v) is 6.00. The van der Waals surface area contributed by atoms with Crippen LogP contribution in [-0.2, 0) is 14.8 Å². The topological polar surface area (TPSA) is 76.2 Å². The summed E-state index contributed by atoms with van der Waals surface area (Å²) in [5, 5.41) is 0. The van der Waals surface area contributed by atoms with Crippen LogP contribution in [0.2, 0.25) is 0 Å². The molecule has 134 valence electrons. The SMILES string of the molecule is COC(=O)N1CCCN(S(=O)(=O)c2cc(C)cc(C)c2OC)CC1. The Morgan fingerprint density at radius 3 is 2.42 bits per heavy atom. The minimum Gasteiger partial charge on any atom is -0.495 e. The molecule has 0 spiro atoms. The number of carbonyl (C=O) groups excluding carboxylic acids is 1. The van der Waals surface area contributed by atoms with E-state index in [1.54, 1.807) is 6.07 Å². The molecule has 1 aliphatic rings. The summed E-state index contributed by atoms with van der Waals surface area (Å²) < 4.78 is 37.6. The lowest BCUT2D eigenvalue weighted by molar-refractivity contribution is 0.126. The maximum Gasteiger partial charge on any atom is 0.409 e. The van der Waals surface area contributed by atoms with Gasteiger partial charge in [-0.1, -0.05) is 6.07 Å². The van der Waals surface area contributed by atoms with Gasteiger partial charge in [-0.05, 0) is 37.5 Å². The van der Waals surface area contributed by atoms with Crippen LogP contribution in [0.15, 0.2) is 17.0 Å². The van der Waals surface area contributed by atoms with Gasteiger partial charge < -0.3 is 14.4 Å². The van der Waals surface area contributed by atoms with E-state index in [-0.39, 0.29) is 11.4 Å². The van der Waals surface area contributed by atoms with Gasteiger partial charge in [0, 0.05) is 26.2 Å². The molecule has 0 bridgehead atoms. The minimum atomic E-state index is -3.70. The van der Waals surface area contributed by atoms with Gasteiger partial charge >= 0.3 is 6.09 Å². The van der Waals surface area contributed by atoms with Crippen molar-refractivity contribution in [1.29, 1.82) is 0 Å². The van der Waals surface area contributed by atoms with E-state index in [4.69, 9.17) is 9.47 Å². The Morgan fingerprint density at radius 2 is 1.79 bits per heavy atom. The molecule has 0 aromatic heterocycles. The zero-order valence-corrected chi connectivity index (χ0v) is 15.4. The highest BCUT2D eigenvalue weighted by molar-refractivity contribution is 7.89. The van der Waals surface area contributed by atoms with Crippen molar-refractivity contribution in [3.63, 3.8) is 0 Å². The molecule has 2 rings (SSSR count). The number of benzene rings is 1. The normalized spacial score (nSPS) is 16.6. The molecule has 0 unspecified atom stereocenters.